The van der Waals surface area contributed by atoms with Crippen LogP contribution in [0.4, 0.5) is 18.9 Å². The van der Waals surface area contributed by atoms with Crippen molar-refractivity contribution >= 4 is 55.1 Å². The molecule has 0 aromatic heterocycles. The van der Waals surface area contributed by atoms with E-state index in [0.717, 1.165) is 22.2 Å². The van der Waals surface area contributed by atoms with Crippen molar-refractivity contribution in [2.75, 3.05) is 10.8 Å². The standard InChI is InChI=1S/C35H34BrClF3N3O4S/c1-34(2,3)41-33(45)31(20-24-10-6-4-7-11-24)42(22-25-14-16-26(36)17-15-25)32(44)23-43(48(46,47)28-12-8-5-9-13-28)27-18-19-30(37)29(21-27)35(38,39)40/h4-19,21,31H,20,22-23H2,1-3H3,(H,41,45)/t31-/m0/s1. The fraction of sp³-hybridized carbons (Fsp3) is 0.257. The van der Waals surface area contributed by atoms with Crippen LogP contribution in [0.25, 0.3) is 0 Å². The maximum absolute atomic E-state index is 14.5. The third-order valence-electron chi connectivity index (χ3n) is 7.19. The molecule has 7 nitrogen and oxygen atoms in total. The normalized spacial score (nSPS) is 12.7. The average Bonchev–Trinajstić information content (AvgIpc) is 3.02. The van der Waals surface area contributed by atoms with Crippen molar-refractivity contribution in [2.45, 2.75) is 56.4 Å². The molecule has 2 amide bonds. The lowest BCUT2D eigenvalue weighted by Gasteiger charge is -2.35. The zero-order valence-corrected chi connectivity index (χ0v) is 29.5. The second-order valence-electron chi connectivity index (χ2n) is 12.1. The monoisotopic (exact) mass is 763 g/mol. The van der Waals surface area contributed by atoms with Crippen molar-refractivity contribution in [3.05, 3.63) is 129 Å². The van der Waals surface area contributed by atoms with E-state index in [-0.39, 0.29) is 17.9 Å². The highest BCUT2D eigenvalue weighted by molar-refractivity contribution is 9.10. The van der Waals surface area contributed by atoms with E-state index in [9.17, 15) is 31.2 Å². The van der Waals surface area contributed by atoms with E-state index in [1.807, 2.05) is 6.07 Å². The Bertz CT molecular complexity index is 1840. The van der Waals surface area contributed by atoms with Gasteiger partial charge in [0.15, 0.2) is 0 Å². The Kier molecular flexibility index (Phi) is 11.6. The summed E-state index contributed by atoms with van der Waals surface area (Å²) in [5.74, 6) is -1.30. The van der Waals surface area contributed by atoms with Crippen LogP contribution in [0.5, 0.6) is 0 Å². The fourth-order valence-corrected chi connectivity index (χ4v) is 6.84. The number of carbonyl (C=O) groups is 2. The molecule has 4 aromatic carbocycles. The second kappa shape index (κ2) is 15.1. The molecule has 0 heterocycles. The third kappa shape index (κ3) is 9.61. The Balaban J connectivity index is 1.87. The number of hydrogen-bond acceptors (Lipinski definition) is 4. The van der Waals surface area contributed by atoms with Crippen LogP contribution < -0.4 is 9.62 Å². The van der Waals surface area contributed by atoms with E-state index in [1.165, 1.54) is 29.2 Å². The second-order valence-corrected chi connectivity index (χ2v) is 15.3. The Morgan fingerprint density at radius 2 is 1.44 bits per heavy atom. The number of halogens is 5. The lowest BCUT2D eigenvalue weighted by molar-refractivity contribution is -0.140. The van der Waals surface area contributed by atoms with Crippen molar-refractivity contribution in [1.29, 1.82) is 0 Å². The largest absolute Gasteiger partial charge is 0.417 e. The van der Waals surface area contributed by atoms with E-state index in [1.54, 1.807) is 75.4 Å². The summed E-state index contributed by atoms with van der Waals surface area (Å²) in [5, 5.41) is 2.30. The minimum atomic E-state index is -4.90. The van der Waals surface area contributed by atoms with E-state index < -0.39 is 62.4 Å². The molecule has 0 radical (unpaired) electrons. The van der Waals surface area contributed by atoms with Gasteiger partial charge in [-0.2, -0.15) is 13.2 Å². The number of alkyl halides is 3. The molecule has 0 saturated carbocycles. The van der Waals surface area contributed by atoms with Crippen LogP contribution in [0.15, 0.2) is 112 Å². The summed E-state index contributed by atoms with van der Waals surface area (Å²) in [6.45, 7) is 4.35. The Hall–Kier alpha value is -3.87. The summed E-state index contributed by atoms with van der Waals surface area (Å²) in [6.07, 6.45) is -4.83. The predicted molar refractivity (Wildman–Crippen MR) is 184 cm³/mol. The minimum Gasteiger partial charge on any atom is -0.350 e. The van der Waals surface area contributed by atoms with E-state index >= 15 is 0 Å². The van der Waals surface area contributed by atoms with Crippen LogP contribution in [0.1, 0.15) is 37.5 Å². The molecule has 0 unspecified atom stereocenters. The van der Waals surface area contributed by atoms with E-state index in [2.05, 4.69) is 21.2 Å². The Labute approximate surface area is 291 Å². The van der Waals surface area contributed by atoms with Crippen molar-refractivity contribution in [1.82, 2.24) is 10.2 Å². The average molecular weight is 765 g/mol. The molecule has 1 N–H and O–H groups in total. The van der Waals surface area contributed by atoms with Gasteiger partial charge in [0.2, 0.25) is 11.8 Å². The molecule has 254 valence electrons. The van der Waals surface area contributed by atoms with Crippen molar-refractivity contribution in [3.8, 4) is 0 Å². The molecule has 0 spiro atoms. The molecule has 13 heteroatoms. The number of rotatable bonds is 11. The molecular weight excluding hydrogens is 731 g/mol. The first kappa shape index (κ1) is 37.0. The maximum atomic E-state index is 14.5. The number of nitrogens with one attached hydrogen (secondary N) is 1. The number of amides is 2. The smallest absolute Gasteiger partial charge is 0.350 e. The van der Waals surface area contributed by atoms with Crippen molar-refractivity contribution in [3.63, 3.8) is 0 Å². The summed E-state index contributed by atoms with van der Waals surface area (Å²) in [5.41, 5.74) is -0.997. The van der Waals surface area contributed by atoms with E-state index in [4.69, 9.17) is 11.6 Å². The van der Waals surface area contributed by atoms with Gasteiger partial charge in [-0.15, -0.1) is 0 Å². The van der Waals surface area contributed by atoms with Crippen LogP contribution >= 0.6 is 27.5 Å². The SMILES string of the molecule is CC(C)(C)NC(=O)[C@H](Cc1ccccc1)N(Cc1ccc(Br)cc1)C(=O)CN(c1ccc(Cl)c(C(F)(F)F)c1)S(=O)(=O)c1ccccc1. The molecule has 0 bridgehead atoms. The Morgan fingerprint density at radius 3 is 2.00 bits per heavy atom. The Morgan fingerprint density at radius 1 is 0.854 bits per heavy atom. The summed E-state index contributed by atoms with van der Waals surface area (Å²) in [4.78, 5) is 29.5. The van der Waals surface area contributed by atoms with E-state index in [0.29, 0.717) is 15.9 Å². The van der Waals surface area contributed by atoms with Crippen LogP contribution in [-0.2, 0) is 38.8 Å². The molecule has 48 heavy (non-hydrogen) atoms. The number of anilines is 1. The summed E-state index contributed by atoms with van der Waals surface area (Å²) >= 11 is 9.26. The fourth-order valence-electron chi connectivity index (χ4n) is 4.93. The minimum absolute atomic E-state index is 0.0790. The molecule has 0 aliphatic carbocycles. The first-order valence-corrected chi connectivity index (χ1v) is 17.4. The van der Waals surface area contributed by atoms with Crippen LogP contribution in [-0.4, -0.2) is 43.3 Å². The molecule has 0 aliphatic rings. The van der Waals surface area contributed by atoms with Crippen molar-refractivity contribution in [2.24, 2.45) is 0 Å². The summed E-state index contributed by atoms with van der Waals surface area (Å²) in [6, 6.07) is 24.6. The zero-order chi connectivity index (χ0) is 35.3. The number of hydrogen-bond donors (Lipinski definition) is 1. The van der Waals surface area contributed by atoms with Crippen LogP contribution in [0, 0.1) is 0 Å². The van der Waals surface area contributed by atoms with Gasteiger partial charge < -0.3 is 10.2 Å². The number of carbonyl (C=O) groups excluding carboxylic acids is 2. The lowest BCUT2D eigenvalue weighted by atomic mass is 10.0. The van der Waals surface area contributed by atoms with Gasteiger partial charge in [-0.1, -0.05) is 88.2 Å². The predicted octanol–water partition coefficient (Wildman–Crippen LogP) is 7.87. The van der Waals surface area contributed by atoms with Gasteiger partial charge >= 0.3 is 6.18 Å². The molecule has 0 aliphatic heterocycles. The van der Waals surface area contributed by atoms with Crippen LogP contribution in [0.3, 0.4) is 0 Å². The van der Waals surface area contributed by atoms with Gasteiger partial charge in [0.25, 0.3) is 10.0 Å². The summed E-state index contributed by atoms with van der Waals surface area (Å²) in [7, 11) is -4.60. The lowest BCUT2D eigenvalue weighted by Crippen LogP contribution is -2.56. The quantitative estimate of drug-likeness (QED) is 0.169. The number of sulfonamides is 1. The molecule has 0 saturated heterocycles. The molecule has 1 atom stereocenters. The van der Waals surface area contributed by atoms with Gasteiger partial charge in [0.1, 0.15) is 12.6 Å². The molecule has 4 aromatic rings. The van der Waals surface area contributed by atoms with Gasteiger partial charge in [-0.05, 0) is 74.4 Å². The number of nitrogens with zero attached hydrogens (tertiary/aromatic N) is 2. The topological polar surface area (TPSA) is 86.8 Å². The third-order valence-corrected chi connectivity index (χ3v) is 9.84. The highest BCUT2D eigenvalue weighted by atomic mass is 79.9. The zero-order valence-electron chi connectivity index (χ0n) is 26.3. The molecule has 4 rings (SSSR count). The highest BCUT2D eigenvalue weighted by Gasteiger charge is 2.38. The van der Waals surface area contributed by atoms with Crippen LogP contribution in [0.2, 0.25) is 5.02 Å². The molecule has 0 fully saturated rings. The van der Waals surface area contributed by atoms with Gasteiger partial charge in [-0.3, -0.25) is 13.9 Å². The van der Waals surface area contributed by atoms with Gasteiger partial charge in [0, 0.05) is 23.0 Å². The van der Waals surface area contributed by atoms with Gasteiger partial charge in [-0.25, -0.2) is 8.42 Å². The molecular formula is C35H34BrClF3N3O4S. The van der Waals surface area contributed by atoms with Gasteiger partial charge in [0.05, 0.1) is 21.2 Å². The maximum Gasteiger partial charge on any atom is 0.417 e. The van der Waals surface area contributed by atoms with Crippen molar-refractivity contribution < 1.29 is 31.2 Å². The first-order chi connectivity index (χ1) is 22.5. The number of benzene rings is 4. The summed E-state index contributed by atoms with van der Waals surface area (Å²) < 4.78 is 71.3. The first-order valence-electron chi connectivity index (χ1n) is 14.8. The highest BCUT2D eigenvalue weighted by Crippen LogP contribution is 2.38.